The molecule has 1 atom stereocenters. The van der Waals surface area contributed by atoms with E-state index in [0.717, 1.165) is 54.1 Å². The van der Waals surface area contributed by atoms with Crippen molar-refractivity contribution in [2.75, 3.05) is 36.8 Å². The summed E-state index contributed by atoms with van der Waals surface area (Å²) in [7, 11) is -3.27. The van der Waals surface area contributed by atoms with E-state index in [9.17, 15) is 8.42 Å². The minimum absolute atomic E-state index is 0.0251. The van der Waals surface area contributed by atoms with Gasteiger partial charge in [-0.2, -0.15) is 4.31 Å². The van der Waals surface area contributed by atoms with E-state index in [-0.39, 0.29) is 23.6 Å². The summed E-state index contributed by atoms with van der Waals surface area (Å²) in [4.78, 5) is 11.1. The number of nitrogens with zero attached hydrogens (tertiary/aromatic N) is 4. The maximum absolute atomic E-state index is 15.1. The largest absolute Gasteiger partial charge is 0.486 e. The summed E-state index contributed by atoms with van der Waals surface area (Å²) in [6.45, 7) is 8.29. The van der Waals surface area contributed by atoms with Crippen molar-refractivity contribution in [1.29, 1.82) is 0 Å². The number of aryl methyl sites for hydroxylation is 1. The number of benzene rings is 1. The fourth-order valence-corrected chi connectivity index (χ4v) is 7.23. The molecule has 5 rings (SSSR count). The van der Waals surface area contributed by atoms with Crippen LogP contribution in [-0.2, 0) is 16.4 Å². The molecule has 0 N–H and O–H groups in total. The van der Waals surface area contributed by atoms with Gasteiger partial charge in [0.25, 0.3) is 0 Å². The summed E-state index contributed by atoms with van der Waals surface area (Å²) in [5.74, 6) is 1.41. The van der Waals surface area contributed by atoms with Gasteiger partial charge >= 0.3 is 0 Å². The van der Waals surface area contributed by atoms with E-state index in [1.54, 1.807) is 6.07 Å². The summed E-state index contributed by atoms with van der Waals surface area (Å²) in [5.41, 5.74) is 3.80. The lowest BCUT2D eigenvalue weighted by atomic mass is 9.88. The van der Waals surface area contributed by atoms with Crippen LogP contribution >= 0.6 is 0 Å². The van der Waals surface area contributed by atoms with E-state index in [0.29, 0.717) is 37.6 Å². The summed E-state index contributed by atoms with van der Waals surface area (Å²) in [5, 5.41) is 0. The number of fused-ring (bicyclic) bond motifs is 1. The molecule has 0 bridgehead atoms. The molecule has 1 fully saturated rings. The molecule has 0 aliphatic carbocycles. The Labute approximate surface area is 213 Å². The Bertz CT molecular complexity index is 1240. The Balaban J connectivity index is 1.23. The fraction of sp³-hybridized carbons (Fsp3) is 0.556. The smallest absolute Gasteiger partial charge is 0.225 e. The van der Waals surface area contributed by atoms with Crippen LogP contribution in [0, 0.1) is 24.6 Å². The molecular weight excluding hydrogens is 479 g/mol. The zero-order valence-corrected chi connectivity index (χ0v) is 22.1. The highest BCUT2D eigenvalue weighted by Crippen LogP contribution is 2.39. The predicted octanol–water partition coefficient (Wildman–Crippen LogP) is 4.22. The highest BCUT2D eigenvalue weighted by Gasteiger charge is 2.35. The van der Waals surface area contributed by atoms with Crippen molar-refractivity contribution in [3.05, 3.63) is 53.1 Å². The van der Waals surface area contributed by atoms with Crippen LogP contribution in [0.1, 0.15) is 49.8 Å². The van der Waals surface area contributed by atoms with Crippen LogP contribution in [0.3, 0.4) is 0 Å². The third-order valence-electron chi connectivity index (χ3n) is 7.41. The van der Waals surface area contributed by atoms with Crippen molar-refractivity contribution in [3.63, 3.8) is 0 Å². The summed E-state index contributed by atoms with van der Waals surface area (Å²) in [6.07, 6.45) is 8.78. The molecular formula is C27H35FN4O3S. The van der Waals surface area contributed by atoms with Gasteiger partial charge in [-0.05, 0) is 66.9 Å². The molecule has 3 aliphatic rings. The summed E-state index contributed by atoms with van der Waals surface area (Å²) >= 11 is 0. The first kappa shape index (κ1) is 25.1. The molecule has 7 nitrogen and oxygen atoms in total. The minimum Gasteiger partial charge on any atom is -0.486 e. The van der Waals surface area contributed by atoms with Crippen LogP contribution in [0.25, 0.3) is 5.57 Å². The second-order valence-corrected chi connectivity index (χ2v) is 12.7. The first-order valence-electron chi connectivity index (χ1n) is 12.9. The van der Waals surface area contributed by atoms with E-state index in [2.05, 4.69) is 14.9 Å². The molecule has 1 saturated heterocycles. The van der Waals surface area contributed by atoms with Crippen molar-refractivity contribution in [3.8, 4) is 5.75 Å². The summed E-state index contributed by atoms with van der Waals surface area (Å²) in [6, 6.07) is 3.58. The van der Waals surface area contributed by atoms with Crippen molar-refractivity contribution in [1.82, 2.24) is 14.3 Å². The van der Waals surface area contributed by atoms with Gasteiger partial charge in [-0.25, -0.2) is 22.8 Å². The average Bonchev–Trinajstić information content (AvgIpc) is 3.29. The number of ether oxygens (including phenoxy) is 1. The number of halogens is 1. The lowest BCUT2D eigenvalue weighted by molar-refractivity contribution is 0.134. The second-order valence-electron chi connectivity index (χ2n) is 10.7. The number of aromatic nitrogens is 2. The molecule has 0 amide bonds. The van der Waals surface area contributed by atoms with Gasteiger partial charge in [0.2, 0.25) is 16.0 Å². The highest BCUT2D eigenvalue weighted by atomic mass is 32.2. The first-order chi connectivity index (χ1) is 17.2. The van der Waals surface area contributed by atoms with Crippen LogP contribution in [0.5, 0.6) is 5.75 Å². The number of piperidine rings is 1. The maximum atomic E-state index is 15.1. The maximum Gasteiger partial charge on any atom is 0.225 e. The number of hydrogen-bond donors (Lipinski definition) is 0. The molecule has 0 radical (unpaired) electrons. The molecule has 2 aromatic rings. The van der Waals surface area contributed by atoms with Gasteiger partial charge in [0.15, 0.2) is 11.6 Å². The first-order valence-corrected chi connectivity index (χ1v) is 14.5. The molecule has 4 heterocycles. The molecule has 36 heavy (non-hydrogen) atoms. The van der Waals surface area contributed by atoms with Gasteiger partial charge in [0.05, 0.1) is 5.75 Å². The number of rotatable bonds is 6. The van der Waals surface area contributed by atoms with E-state index in [1.165, 1.54) is 4.31 Å². The third-order valence-corrected chi connectivity index (χ3v) is 9.61. The van der Waals surface area contributed by atoms with Crippen molar-refractivity contribution in [2.24, 2.45) is 11.8 Å². The molecule has 1 aromatic heterocycles. The lowest BCUT2D eigenvalue weighted by Gasteiger charge is -2.34. The Morgan fingerprint density at radius 3 is 2.50 bits per heavy atom. The highest BCUT2D eigenvalue weighted by molar-refractivity contribution is 7.89. The summed E-state index contributed by atoms with van der Waals surface area (Å²) < 4.78 is 47.9. The van der Waals surface area contributed by atoms with Crippen LogP contribution in [0.4, 0.5) is 10.3 Å². The number of hydrogen-bond acceptors (Lipinski definition) is 6. The van der Waals surface area contributed by atoms with Gasteiger partial charge < -0.3 is 9.64 Å². The Morgan fingerprint density at radius 1 is 1.14 bits per heavy atom. The van der Waals surface area contributed by atoms with Gasteiger partial charge in [-0.3, -0.25) is 0 Å². The van der Waals surface area contributed by atoms with Crippen LogP contribution in [0.2, 0.25) is 0 Å². The molecule has 1 unspecified atom stereocenters. The van der Waals surface area contributed by atoms with Gasteiger partial charge in [0.1, 0.15) is 6.10 Å². The quantitative estimate of drug-likeness (QED) is 0.575. The molecule has 3 aliphatic heterocycles. The molecule has 0 spiro atoms. The van der Waals surface area contributed by atoms with E-state index in [4.69, 9.17) is 4.74 Å². The zero-order chi connectivity index (χ0) is 25.4. The molecule has 1 aromatic carbocycles. The van der Waals surface area contributed by atoms with Crippen molar-refractivity contribution >= 4 is 21.5 Å². The van der Waals surface area contributed by atoms with Crippen LogP contribution in [-0.4, -0.2) is 60.7 Å². The third kappa shape index (κ3) is 5.27. The predicted molar refractivity (Wildman–Crippen MR) is 139 cm³/mol. The Morgan fingerprint density at radius 2 is 1.86 bits per heavy atom. The van der Waals surface area contributed by atoms with Crippen molar-refractivity contribution in [2.45, 2.75) is 52.6 Å². The minimum atomic E-state index is -3.27. The van der Waals surface area contributed by atoms with Gasteiger partial charge in [-0.1, -0.05) is 19.9 Å². The topological polar surface area (TPSA) is 75.6 Å². The molecule has 194 valence electrons. The van der Waals surface area contributed by atoms with Crippen molar-refractivity contribution < 1.29 is 17.5 Å². The Kier molecular flexibility index (Phi) is 7.05. The monoisotopic (exact) mass is 514 g/mol. The lowest BCUT2D eigenvalue weighted by Crippen LogP contribution is -2.40. The van der Waals surface area contributed by atoms with E-state index < -0.39 is 10.0 Å². The zero-order valence-electron chi connectivity index (χ0n) is 21.3. The standard InChI is InChI=1S/C27H35FN4O3S/c1-18(2)17-36(33,34)32-10-6-20(7-11-32)22-12-23-14-25(35-26(23)24(28)13-22)21-4-8-31(9-5-21)27-29-15-19(3)16-30-27/h6,12-13,15-16,18,21,25H,4-5,7-11,14,17H2,1-3H3. The number of sulfonamides is 1. The van der Waals surface area contributed by atoms with Crippen LogP contribution in [0.15, 0.2) is 30.6 Å². The molecule has 9 heteroatoms. The Hall–Kier alpha value is -2.52. The normalized spacial score (nSPS) is 21.4. The second kappa shape index (κ2) is 10.1. The van der Waals surface area contributed by atoms with Gasteiger partial charge in [-0.15, -0.1) is 0 Å². The average molecular weight is 515 g/mol. The molecule has 0 saturated carbocycles. The van der Waals surface area contributed by atoms with E-state index in [1.807, 2.05) is 45.3 Å². The van der Waals surface area contributed by atoms with Gasteiger partial charge in [0, 0.05) is 50.6 Å². The fourth-order valence-electron chi connectivity index (χ4n) is 5.50. The number of anilines is 1. The van der Waals surface area contributed by atoms with E-state index >= 15 is 4.39 Å². The van der Waals surface area contributed by atoms with Crippen LogP contribution < -0.4 is 9.64 Å². The SMILES string of the molecule is Cc1cnc(N2CCC(C3Cc4cc(C5=CCN(S(=O)(=O)CC(C)C)CC5)cc(F)c4O3)CC2)nc1.